The highest BCUT2D eigenvalue weighted by Crippen LogP contribution is 2.27. The number of aryl methyl sites for hydroxylation is 1. The van der Waals surface area contributed by atoms with Gasteiger partial charge in [-0.2, -0.15) is 0 Å². The fourth-order valence-electron chi connectivity index (χ4n) is 2.41. The first kappa shape index (κ1) is 16.1. The smallest absolute Gasteiger partial charge is 0.132 e. The van der Waals surface area contributed by atoms with E-state index in [2.05, 4.69) is 26.2 Å². The number of rotatable bonds is 6. The molecule has 114 valence electrons. The zero-order valence-corrected chi connectivity index (χ0v) is 13.6. The maximum Gasteiger partial charge on any atom is 0.132 e. The summed E-state index contributed by atoms with van der Waals surface area (Å²) in [7, 11) is 0. The maximum absolute atomic E-state index is 14.2. The Balaban J connectivity index is 2.35. The number of nitrogens with one attached hydrogen (secondary N) is 1. The third kappa shape index (κ3) is 3.68. The summed E-state index contributed by atoms with van der Waals surface area (Å²) in [5.74, 6) is -0.296. The Morgan fingerprint density at radius 1 is 1.29 bits per heavy atom. The summed E-state index contributed by atoms with van der Waals surface area (Å²) >= 11 is 3.10. The molecule has 0 radical (unpaired) electrons. The van der Waals surface area contributed by atoms with E-state index in [9.17, 15) is 8.78 Å². The van der Waals surface area contributed by atoms with Crippen LogP contribution in [0.4, 0.5) is 8.78 Å². The van der Waals surface area contributed by atoms with Crippen molar-refractivity contribution in [1.29, 1.82) is 0 Å². The molecule has 0 bridgehead atoms. The lowest BCUT2D eigenvalue weighted by Gasteiger charge is -2.20. The van der Waals surface area contributed by atoms with E-state index >= 15 is 0 Å². The zero-order valence-electron chi connectivity index (χ0n) is 12.0. The van der Waals surface area contributed by atoms with Crippen molar-refractivity contribution in [3.63, 3.8) is 0 Å². The van der Waals surface area contributed by atoms with Gasteiger partial charge in [-0.05, 0) is 25.6 Å². The summed E-state index contributed by atoms with van der Waals surface area (Å²) in [5.41, 5.74) is 0.0608. The number of halogens is 3. The quantitative estimate of drug-likeness (QED) is 0.851. The second-order valence-corrected chi connectivity index (χ2v) is 5.64. The molecule has 0 aliphatic carbocycles. The summed E-state index contributed by atoms with van der Waals surface area (Å²) in [6.07, 6.45) is 4.01. The van der Waals surface area contributed by atoms with Crippen molar-refractivity contribution in [3.8, 4) is 0 Å². The van der Waals surface area contributed by atoms with E-state index in [-0.39, 0.29) is 5.56 Å². The summed E-state index contributed by atoms with van der Waals surface area (Å²) in [6.45, 7) is 5.31. The number of benzene rings is 1. The molecule has 2 aromatic rings. The lowest BCUT2D eigenvalue weighted by atomic mass is 10.0. The topological polar surface area (TPSA) is 29.9 Å². The second-order valence-electron chi connectivity index (χ2n) is 4.73. The highest BCUT2D eigenvalue weighted by molar-refractivity contribution is 9.10. The van der Waals surface area contributed by atoms with Crippen LogP contribution in [0.5, 0.6) is 0 Å². The van der Waals surface area contributed by atoms with Gasteiger partial charge in [0, 0.05) is 41.4 Å². The molecule has 1 aromatic carbocycles. The van der Waals surface area contributed by atoms with Crippen LogP contribution in [0.2, 0.25) is 0 Å². The molecule has 1 aromatic heterocycles. The molecule has 1 unspecified atom stereocenters. The first-order chi connectivity index (χ1) is 10.1. The number of hydrogen-bond acceptors (Lipinski definition) is 2. The van der Waals surface area contributed by atoms with Gasteiger partial charge in [-0.1, -0.05) is 22.9 Å². The monoisotopic (exact) mass is 357 g/mol. The molecule has 0 saturated carbocycles. The van der Waals surface area contributed by atoms with Gasteiger partial charge < -0.3 is 9.88 Å². The molecular formula is C15H18BrF2N3. The number of hydrogen-bond donors (Lipinski definition) is 1. The molecule has 2 rings (SSSR count). The van der Waals surface area contributed by atoms with Crippen molar-refractivity contribution >= 4 is 15.9 Å². The molecule has 1 heterocycles. The van der Waals surface area contributed by atoms with Gasteiger partial charge >= 0.3 is 0 Å². The van der Waals surface area contributed by atoms with Crippen molar-refractivity contribution in [2.45, 2.75) is 32.9 Å². The second kappa shape index (κ2) is 7.13. The van der Waals surface area contributed by atoms with Gasteiger partial charge in [0.05, 0.1) is 0 Å². The third-order valence-electron chi connectivity index (χ3n) is 3.37. The molecule has 0 fully saturated rings. The van der Waals surface area contributed by atoms with Crippen molar-refractivity contribution in [1.82, 2.24) is 14.9 Å². The summed E-state index contributed by atoms with van der Waals surface area (Å²) in [4.78, 5) is 4.28. The maximum atomic E-state index is 14.2. The Bertz CT molecular complexity index is 590. The standard InChI is InChI=1S/C15H18BrF2N3/c1-3-19-13(9-14-20-5-6-21(14)4-2)15-11(17)7-10(16)8-12(15)18/h5-8,13,19H,3-4,9H2,1-2H3. The molecule has 0 spiro atoms. The molecule has 0 aliphatic heterocycles. The number of aromatic nitrogens is 2. The predicted octanol–water partition coefficient (Wildman–Crippen LogP) is 3.84. The minimum absolute atomic E-state index is 0.0608. The minimum Gasteiger partial charge on any atom is -0.335 e. The average Bonchev–Trinajstić information content (AvgIpc) is 2.85. The SMILES string of the molecule is CCNC(Cc1nccn1CC)c1c(F)cc(Br)cc1F. The van der Waals surface area contributed by atoms with E-state index < -0.39 is 17.7 Å². The van der Waals surface area contributed by atoms with Gasteiger partial charge in [0.15, 0.2) is 0 Å². The zero-order chi connectivity index (χ0) is 15.4. The number of imidazole rings is 1. The van der Waals surface area contributed by atoms with Crippen LogP contribution in [0.15, 0.2) is 29.0 Å². The van der Waals surface area contributed by atoms with Crippen LogP contribution in [-0.4, -0.2) is 16.1 Å². The molecule has 1 atom stereocenters. The molecule has 21 heavy (non-hydrogen) atoms. The molecule has 3 nitrogen and oxygen atoms in total. The van der Waals surface area contributed by atoms with Crippen LogP contribution in [0.25, 0.3) is 0 Å². The molecule has 0 saturated heterocycles. The Kier molecular flexibility index (Phi) is 5.47. The molecular weight excluding hydrogens is 340 g/mol. The minimum atomic E-state index is -0.553. The van der Waals surface area contributed by atoms with E-state index in [0.29, 0.717) is 17.4 Å². The summed E-state index contributed by atoms with van der Waals surface area (Å²) < 4.78 is 30.7. The van der Waals surface area contributed by atoms with Gasteiger partial charge in [0.25, 0.3) is 0 Å². The first-order valence-corrected chi connectivity index (χ1v) is 7.73. The van der Waals surface area contributed by atoms with Crippen LogP contribution >= 0.6 is 15.9 Å². The normalized spacial score (nSPS) is 12.6. The van der Waals surface area contributed by atoms with Crippen molar-refractivity contribution in [2.24, 2.45) is 0 Å². The van der Waals surface area contributed by atoms with Gasteiger partial charge in [-0.3, -0.25) is 0 Å². The molecule has 1 N–H and O–H groups in total. The van der Waals surface area contributed by atoms with Crippen LogP contribution in [0.1, 0.15) is 31.3 Å². The number of nitrogens with zero attached hydrogens (tertiary/aromatic N) is 2. The van der Waals surface area contributed by atoms with Crippen molar-refractivity contribution in [2.75, 3.05) is 6.54 Å². The fraction of sp³-hybridized carbons (Fsp3) is 0.400. The third-order valence-corrected chi connectivity index (χ3v) is 3.83. The van der Waals surface area contributed by atoms with Gasteiger partial charge in [-0.15, -0.1) is 0 Å². The lowest BCUT2D eigenvalue weighted by Crippen LogP contribution is -2.26. The Morgan fingerprint density at radius 2 is 1.95 bits per heavy atom. The molecule has 0 amide bonds. The van der Waals surface area contributed by atoms with E-state index in [1.807, 2.05) is 24.6 Å². The Hall–Kier alpha value is -1.27. The highest BCUT2D eigenvalue weighted by Gasteiger charge is 2.22. The summed E-state index contributed by atoms with van der Waals surface area (Å²) in [6, 6.07) is 2.13. The fourth-order valence-corrected chi connectivity index (χ4v) is 2.81. The van der Waals surface area contributed by atoms with E-state index in [4.69, 9.17) is 0 Å². The molecule has 6 heteroatoms. The van der Waals surface area contributed by atoms with Crippen LogP contribution in [-0.2, 0) is 13.0 Å². The largest absolute Gasteiger partial charge is 0.335 e. The van der Waals surface area contributed by atoms with Gasteiger partial charge in [0.2, 0.25) is 0 Å². The van der Waals surface area contributed by atoms with Crippen LogP contribution in [0.3, 0.4) is 0 Å². The average molecular weight is 358 g/mol. The van der Waals surface area contributed by atoms with E-state index in [0.717, 1.165) is 12.4 Å². The Labute approximate surface area is 131 Å². The van der Waals surface area contributed by atoms with E-state index in [1.54, 1.807) is 6.20 Å². The van der Waals surface area contributed by atoms with E-state index in [1.165, 1.54) is 12.1 Å². The Morgan fingerprint density at radius 3 is 2.52 bits per heavy atom. The van der Waals surface area contributed by atoms with Gasteiger partial charge in [-0.25, -0.2) is 13.8 Å². The van der Waals surface area contributed by atoms with Crippen LogP contribution < -0.4 is 5.32 Å². The van der Waals surface area contributed by atoms with Crippen molar-refractivity contribution < 1.29 is 8.78 Å². The van der Waals surface area contributed by atoms with Crippen LogP contribution in [0, 0.1) is 11.6 Å². The number of likely N-dealkylation sites (N-methyl/N-ethyl adjacent to an activating group) is 1. The lowest BCUT2D eigenvalue weighted by molar-refractivity contribution is 0.460. The highest BCUT2D eigenvalue weighted by atomic mass is 79.9. The van der Waals surface area contributed by atoms with Gasteiger partial charge in [0.1, 0.15) is 17.5 Å². The summed E-state index contributed by atoms with van der Waals surface area (Å²) in [5, 5.41) is 3.14. The molecule has 0 aliphatic rings. The predicted molar refractivity (Wildman–Crippen MR) is 82.1 cm³/mol. The van der Waals surface area contributed by atoms with Crippen molar-refractivity contribution in [3.05, 3.63) is 52.0 Å². The first-order valence-electron chi connectivity index (χ1n) is 6.94.